The van der Waals surface area contributed by atoms with Crippen LogP contribution in [-0.2, 0) is 4.74 Å². The topological polar surface area (TPSA) is 26.2 Å². The Bertz CT molecular complexity index is 307. The lowest BCUT2D eigenvalue weighted by Gasteiger charge is -2.23. The number of nitrogens with one attached hydrogen (secondary N) is 1. The fraction of sp³-hybridized carbons (Fsp3) is 0.667. The number of nitrogens with zero attached hydrogens (tertiary/aromatic N) is 1. The molecule has 0 aliphatic carbocycles. The second kappa shape index (κ2) is 4.27. The van der Waals surface area contributed by atoms with Crippen molar-refractivity contribution in [3.05, 3.63) is 23.5 Å². The lowest BCUT2D eigenvalue weighted by molar-refractivity contribution is 0.182. The summed E-state index contributed by atoms with van der Waals surface area (Å²) in [5.41, 5.74) is 6.06. The van der Waals surface area contributed by atoms with Crippen molar-refractivity contribution in [1.29, 1.82) is 0 Å². The Morgan fingerprint density at radius 3 is 2.60 bits per heavy atom. The molecule has 0 amide bonds. The number of hydrogen-bond acceptors (Lipinski definition) is 2. The molecular formula is C12H20N2O. The Hall–Kier alpha value is -0.960. The van der Waals surface area contributed by atoms with Gasteiger partial charge in [0.1, 0.15) is 0 Å². The van der Waals surface area contributed by atoms with Crippen molar-refractivity contribution in [2.45, 2.75) is 33.2 Å². The molecule has 1 aromatic heterocycles. The van der Waals surface area contributed by atoms with E-state index >= 15 is 0 Å². The molecule has 1 aliphatic rings. The Labute approximate surface area is 91.4 Å². The van der Waals surface area contributed by atoms with E-state index in [0.717, 1.165) is 13.2 Å². The van der Waals surface area contributed by atoms with Crippen LogP contribution < -0.4 is 5.43 Å². The van der Waals surface area contributed by atoms with Crippen LogP contribution in [0.3, 0.4) is 0 Å². The summed E-state index contributed by atoms with van der Waals surface area (Å²) < 4.78 is 7.58. The molecule has 1 aliphatic heterocycles. The monoisotopic (exact) mass is 208 g/mol. The molecule has 15 heavy (non-hydrogen) atoms. The van der Waals surface area contributed by atoms with Crippen LogP contribution in [0.5, 0.6) is 0 Å². The van der Waals surface area contributed by atoms with Crippen LogP contribution >= 0.6 is 0 Å². The van der Waals surface area contributed by atoms with Crippen molar-refractivity contribution in [3.8, 4) is 0 Å². The average Bonchev–Trinajstić information content (AvgIpc) is 2.82. The number of rotatable bonds is 3. The number of aryl methyl sites for hydroxylation is 2. The van der Waals surface area contributed by atoms with Crippen LogP contribution in [0.15, 0.2) is 12.1 Å². The quantitative estimate of drug-likeness (QED) is 0.823. The normalized spacial score (nSPS) is 23.0. The molecule has 84 valence electrons. The molecule has 0 aromatic carbocycles. The van der Waals surface area contributed by atoms with E-state index in [4.69, 9.17) is 4.74 Å². The number of aromatic nitrogens is 1. The third-order valence-electron chi connectivity index (χ3n) is 3.28. The van der Waals surface area contributed by atoms with Gasteiger partial charge in [0.2, 0.25) is 0 Å². The summed E-state index contributed by atoms with van der Waals surface area (Å²) in [6.07, 6.45) is 1.17. The van der Waals surface area contributed by atoms with Crippen LogP contribution in [0.2, 0.25) is 0 Å². The van der Waals surface area contributed by atoms with Crippen molar-refractivity contribution >= 4 is 0 Å². The summed E-state index contributed by atoms with van der Waals surface area (Å²) in [5.74, 6) is 0.645. The maximum atomic E-state index is 5.41. The highest BCUT2D eigenvalue weighted by atomic mass is 16.5. The van der Waals surface area contributed by atoms with Gasteiger partial charge in [-0.25, -0.2) is 0 Å². The summed E-state index contributed by atoms with van der Waals surface area (Å²) >= 11 is 0. The molecule has 2 unspecified atom stereocenters. The predicted molar refractivity (Wildman–Crippen MR) is 61.7 cm³/mol. The van der Waals surface area contributed by atoms with E-state index in [0.29, 0.717) is 12.0 Å². The summed E-state index contributed by atoms with van der Waals surface area (Å²) in [6, 6.07) is 4.75. The zero-order valence-corrected chi connectivity index (χ0v) is 9.79. The first-order chi connectivity index (χ1) is 7.18. The van der Waals surface area contributed by atoms with Gasteiger partial charge in [-0.1, -0.05) is 0 Å². The second-order valence-electron chi connectivity index (χ2n) is 4.49. The van der Waals surface area contributed by atoms with Crippen molar-refractivity contribution in [3.63, 3.8) is 0 Å². The van der Waals surface area contributed by atoms with E-state index < -0.39 is 0 Å². The molecule has 2 atom stereocenters. The highest BCUT2D eigenvalue weighted by Gasteiger charge is 2.22. The van der Waals surface area contributed by atoms with Gasteiger partial charge >= 0.3 is 0 Å². The number of hydrogen-bond donors (Lipinski definition) is 1. The molecule has 3 heteroatoms. The predicted octanol–water partition coefficient (Wildman–Crippen LogP) is 2.07. The van der Waals surface area contributed by atoms with Gasteiger partial charge in [0.15, 0.2) is 0 Å². The lowest BCUT2D eigenvalue weighted by Crippen LogP contribution is -2.33. The van der Waals surface area contributed by atoms with Gasteiger partial charge in [0.05, 0.1) is 6.61 Å². The molecule has 1 fully saturated rings. The zero-order valence-electron chi connectivity index (χ0n) is 9.79. The van der Waals surface area contributed by atoms with Gasteiger partial charge in [-0.3, -0.25) is 4.68 Å². The van der Waals surface area contributed by atoms with E-state index in [2.05, 4.69) is 43.0 Å². The molecule has 0 radical (unpaired) electrons. The van der Waals surface area contributed by atoms with E-state index in [1.807, 2.05) is 0 Å². The second-order valence-corrected chi connectivity index (χ2v) is 4.49. The largest absolute Gasteiger partial charge is 0.381 e. The summed E-state index contributed by atoms with van der Waals surface area (Å²) in [4.78, 5) is 0. The van der Waals surface area contributed by atoms with Gasteiger partial charge in [-0.05, 0) is 39.3 Å². The Kier molecular flexibility index (Phi) is 3.00. The van der Waals surface area contributed by atoms with Crippen molar-refractivity contribution < 1.29 is 4.74 Å². The van der Waals surface area contributed by atoms with E-state index in [1.165, 1.54) is 17.8 Å². The van der Waals surface area contributed by atoms with Crippen LogP contribution in [-0.4, -0.2) is 23.9 Å². The standard InChI is InChI=1S/C12H20N2O/c1-9-4-5-10(2)14(9)13-11(3)12-6-7-15-8-12/h4-5,11-13H,6-8H2,1-3H3. The summed E-state index contributed by atoms with van der Waals surface area (Å²) in [7, 11) is 0. The molecule has 0 bridgehead atoms. The summed E-state index contributed by atoms with van der Waals surface area (Å²) in [6.45, 7) is 8.29. The van der Waals surface area contributed by atoms with Crippen molar-refractivity contribution in [1.82, 2.24) is 4.68 Å². The van der Waals surface area contributed by atoms with Crippen LogP contribution in [0.4, 0.5) is 0 Å². The number of ether oxygens (including phenoxy) is 1. The Balaban J connectivity index is 2.01. The first-order valence-electron chi connectivity index (χ1n) is 5.67. The smallest absolute Gasteiger partial charge is 0.0515 e. The molecule has 1 aromatic rings. The molecule has 1 N–H and O–H groups in total. The van der Waals surface area contributed by atoms with Gasteiger partial charge in [0.25, 0.3) is 0 Å². The van der Waals surface area contributed by atoms with Gasteiger partial charge in [0, 0.05) is 30.0 Å². The zero-order chi connectivity index (χ0) is 10.8. The molecular weight excluding hydrogens is 188 g/mol. The molecule has 1 saturated heterocycles. The van der Waals surface area contributed by atoms with Gasteiger partial charge in [-0.2, -0.15) is 0 Å². The van der Waals surface area contributed by atoms with Gasteiger partial charge in [-0.15, -0.1) is 0 Å². The SMILES string of the molecule is Cc1ccc(C)n1NC(C)C1CCOC1. The first-order valence-corrected chi connectivity index (χ1v) is 5.67. The first kappa shape index (κ1) is 10.6. The summed E-state index contributed by atoms with van der Waals surface area (Å²) in [5, 5.41) is 0. The molecule has 2 heterocycles. The maximum absolute atomic E-state index is 5.41. The van der Waals surface area contributed by atoms with Gasteiger partial charge < -0.3 is 10.2 Å². The third kappa shape index (κ3) is 2.17. The van der Waals surface area contributed by atoms with Crippen LogP contribution in [0.1, 0.15) is 24.7 Å². The minimum atomic E-state index is 0.470. The fourth-order valence-electron chi connectivity index (χ4n) is 2.13. The minimum absolute atomic E-state index is 0.470. The molecule has 2 rings (SSSR count). The van der Waals surface area contributed by atoms with Crippen molar-refractivity contribution in [2.75, 3.05) is 18.6 Å². The average molecular weight is 208 g/mol. The Morgan fingerprint density at radius 2 is 2.07 bits per heavy atom. The third-order valence-corrected chi connectivity index (χ3v) is 3.28. The maximum Gasteiger partial charge on any atom is 0.0515 e. The highest BCUT2D eigenvalue weighted by molar-refractivity contribution is 5.16. The molecule has 0 saturated carbocycles. The minimum Gasteiger partial charge on any atom is -0.381 e. The van der Waals surface area contributed by atoms with E-state index in [1.54, 1.807) is 0 Å². The van der Waals surface area contributed by atoms with Crippen LogP contribution in [0.25, 0.3) is 0 Å². The van der Waals surface area contributed by atoms with E-state index in [-0.39, 0.29) is 0 Å². The fourth-order valence-corrected chi connectivity index (χ4v) is 2.13. The highest BCUT2D eigenvalue weighted by Crippen LogP contribution is 2.18. The molecule has 0 spiro atoms. The van der Waals surface area contributed by atoms with Crippen molar-refractivity contribution in [2.24, 2.45) is 5.92 Å². The van der Waals surface area contributed by atoms with Crippen LogP contribution in [0, 0.1) is 19.8 Å². The lowest BCUT2D eigenvalue weighted by atomic mass is 10.0. The van der Waals surface area contributed by atoms with E-state index in [9.17, 15) is 0 Å². The Morgan fingerprint density at radius 1 is 1.40 bits per heavy atom. The molecule has 3 nitrogen and oxygen atoms in total.